The lowest BCUT2D eigenvalue weighted by Crippen LogP contribution is -2.27. The van der Waals surface area contributed by atoms with Gasteiger partial charge in [-0.25, -0.2) is 0 Å². The Hall–Kier alpha value is -0.490. The van der Waals surface area contributed by atoms with Gasteiger partial charge in [0.15, 0.2) is 0 Å². The predicted molar refractivity (Wildman–Crippen MR) is 63.7 cm³/mol. The maximum Gasteiger partial charge on any atom is 0.0973 e. The van der Waals surface area contributed by atoms with Crippen molar-refractivity contribution in [3.8, 4) is 0 Å². The van der Waals surface area contributed by atoms with Crippen molar-refractivity contribution in [2.45, 2.75) is 12.5 Å². The van der Waals surface area contributed by atoms with Gasteiger partial charge in [-0.3, -0.25) is 4.98 Å². The molecule has 90 valence electrons. The lowest BCUT2D eigenvalue weighted by Gasteiger charge is -2.17. The van der Waals surface area contributed by atoms with Crippen LogP contribution in [-0.4, -0.2) is 38.4 Å². The van der Waals surface area contributed by atoms with Crippen LogP contribution in [0.4, 0.5) is 0 Å². The molecule has 1 aliphatic rings. The summed E-state index contributed by atoms with van der Waals surface area (Å²) in [6.07, 6.45) is 3.29. The highest BCUT2D eigenvalue weighted by atomic mass is 32.1. The summed E-state index contributed by atoms with van der Waals surface area (Å²) in [6.45, 7) is 3.52. The minimum Gasteiger partial charge on any atom is -0.383 e. The van der Waals surface area contributed by atoms with Crippen molar-refractivity contribution >= 4 is 11.3 Å². The lowest BCUT2D eigenvalue weighted by molar-refractivity contribution is 0.0925. The molecule has 2 unspecified atom stereocenters. The first kappa shape index (κ1) is 12.0. The monoisotopic (exact) mass is 242 g/mol. The number of ether oxygens (including phenoxy) is 2. The smallest absolute Gasteiger partial charge is 0.0973 e. The van der Waals surface area contributed by atoms with Gasteiger partial charge in [0, 0.05) is 38.9 Å². The van der Waals surface area contributed by atoms with Crippen LogP contribution >= 0.6 is 11.3 Å². The van der Waals surface area contributed by atoms with E-state index in [0.717, 1.165) is 32.7 Å². The number of aromatic nitrogens is 1. The molecule has 1 aromatic heterocycles. The maximum atomic E-state index is 5.77. The number of hydrogen-bond acceptors (Lipinski definition) is 5. The summed E-state index contributed by atoms with van der Waals surface area (Å²) in [4.78, 5) is 5.36. The minimum atomic E-state index is 0.238. The second-order valence-electron chi connectivity index (χ2n) is 3.94. The van der Waals surface area contributed by atoms with Crippen LogP contribution in [0.2, 0.25) is 0 Å². The zero-order valence-corrected chi connectivity index (χ0v) is 10.3. The fraction of sp³-hybridized carbons (Fsp3) is 0.727. The van der Waals surface area contributed by atoms with E-state index in [-0.39, 0.29) is 6.10 Å². The molecule has 0 aromatic carbocycles. The topological polar surface area (TPSA) is 43.4 Å². The van der Waals surface area contributed by atoms with E-state index >= 15 is 0 Å². The van der Waals surface area contributed by atoms with Gasteiger partial charge >= 0.3 is 0 Å². The quantitative estimate of drug-likeness (QED) is 0.767. The van der Waals surface area contributed by atoms with E-state index in [0.29, 0.717) is 5.92 Å². The molecule has 4 nitrogen and oxygen atoms in total. The Morgan fingerprint density at radius 2 is 2.62 bits per heavy atom. The van der Waals surface area contributed by atoms with Gasteiger partial charge in [0.1, 0.15) is 0 Å². The van der Waals surface area contributed by atoms with E-state index in [1.54, 1.807) is 18.4 Å². The molecule has 0 bridgehead atoms. The Morgan fingerprint density at radius 3 is 3.38 bits per heavy atom. The van der Waals surface area contributed by atoms with Gasteiger partial charge in [-0.15, -0.1) is 11.3 Å². The standard InChI is InChI=1S/C11H18N2O2S/c1-14-5-3-12-6-9-2-4-15-11(9)10-7-13-8-16-10/h7-9,11-12H,2-6H2,1H3. The Labute approximate surface area is 100.0 Å². The average Bonchev–Trinajstić information content (AvgIpc) is 2.94. The summed E-state index contributed by atoms with van der Waals surface area (Å²) in [5, 5.41) is 3.40. The van der Waals surface area contributed by atoms with Crippen molar-refractivity contribution in [3.05, 3.63) is 16.6 Å². The molecular formula is C11H18N2O2S. The third-order valence-corrected chi connectivity index (χ3v) is 3.67. The third-order valence-electron chi connectivity index (χ3n) is 2.84. The van der Waals surface area contributed by atoms with Crippen molar-refractivity contribution in [2.24, 2.45) is 5.92 Å². The van der Waals surface area contributed by atoms with E-state index in [1.165, 1.54) is 4.88 Å². The van der Waals surface area contributed by atoms with Gasteiger partial charge in [0.25, 0.3) is 0 Å². The highest BCUT2D eigenvalue weighted by molar-refractivity contribution is 7.09. The van der Waals surface area contributed by atoms with E-state index in [2.05, 4.69) is 10.3 Å². The van der Waals surface area contributed by atoms with Crippen LogP contribution in [0.1, 0.15) is 17.4 Å². The second-order valence-corrected chi connectivity index (χ2v) is 4.86. The molecule has 0 aliphatic carbocycles. The highest BCUT2D eigenvalue weighted by Crippen LogP contribution is 2.35. The zero-order chi connectivity index (χ0) is 11.2. The van der Waals surface area contributed by atoms with Crippen molar-refractivity contribution < 1.29 is 9.47 Å². The molecule has 5 heteroatoms. The molecule has 0 spiro atoms. The van der Waals surface area contributed by atoms with Crippen LogP contribution in [0, 0.1) is 5.92 Å². The van der Waals surface area contributed by atoms with Crippen LogP contribution in [-0.2, 0) is 9.47 Å². The summed E-state index contributed by atoms with van der Waals surface area (Å²) < 4.78 is 10.8. The Bertz CT molecular complexity index is 292. The predicted octanol–water partition coefficient (Wildman–Crippen LogP) is 1.46. The maximum absolute atomic E-state index is 5.77. The summed E-state index contributed by atoms with van der Waals surface area (Å²) in [5.74, 6) is 0.567. The molecule has 1 N–H and O–H groups in total. The molecule has 1 saturated heterocycles. The van der Waals surface area contributed by atoms with Crippen LogP contribution in [0.5, 0.6) is 0 Å². The minimum absolute atomic E-state index is 0.238. The van der Waals surface area contributed by atoms with Crippen LogP contribution in [0.25, 0.3) is 0 Å². The summed E-state index contributed by atoms with van der Waals surface area (Å²) >= 11 is 1.68. The molecule has 16 heavy (non-hydrogen) atoms. The molecule has 2 heterocycles. The van der Waals surface area contributed by atoms with Crippen molar-refractivity contribution in [1.82, 2.24) is 10.3 Å². The molecule has 0 amide bonds. The normalized spacial score (nSPS) is 25.1. The van der Waals surface area contributed by atoms with Crippen LogP contribution in [0.15, 0.2) is 11.7 Å². The lowest BCUT2D eigenvalue weighted by atomic mass is 10.0. The first-order valence-electron chi connectivity index (χ1n) is 5.61. The molecule has 1 fully saturated rings. The van der Waals surface area contributed by atoms with Crippen molar-refractivity contribution in [1.29, 1.82) is 0 Å². The largest absolute Gasteiger partial charge is 0.383 e. The fourth-order valence-electron chi connectivity index (χ4n) is 1.99. The molecule has 0 saturated carbocycles. The molecular weight excluding hydrogens is 224 g/mol. The summed E-state index contributed by atoms with van der Waals surface area (Å²) in [6, 6.07) is 0. The Kier molecular flexibility index (Phi) is 4.71. The SMILES string of the molecule is COCCNCC1CCOC1c1cncs1. The first-order valence-corrected chi connectivity index (χ1v) is 6.49. The van der Waals surface area contributed by atoms with Gasteiger partial charge in [-0.2, -0.15) is 0 Å². The van der Waals surface area contributed by atoms with Gasteiger partial charge < -0.3 is 14.8 Å². The van der Waals surface area contributed by atoms with E-state index < -0.39 is 0 Å². The van der Waals surface area contributed by atoms with Gasteiger partial charge in [0.05, 0.1) is 23.1 Å². The summed E-state index contributed by atoms with van der Waals surface area (Å²) in [5.41, 5.74) is 1.87. The van der Waals surface area contributed by atoms with Gasteiger partial charge in [-0.05, 0) is 6.42 Å². The number of methoxy groups -OCH3 is 1. The third kappa shape index (κ3) is 3.01. The molecule has 0 radical (unpaired) electrons. The van der Waals surface area contributed by atoms with E-state index in [9.17, 15) is 0 Å². The fourth-order valence-corrected chi connectivity index (χ4v) is 2.74. The number of nitrogens with one attached hydrogen (secondary N) is 1. The van der Waals surface area contributed by atoms with Gasteiger partial charge in [-0.1, -0.05) is 0 Å². The average molecular weight is 242 g/mol. The van der Waals surface area contributed by atoms with Crippen LogP contribution < -0.4 is 5.32 Å². The summed E-state index contributed by atoms with van der Waals surface area (Å²) in [7, 11) is 1.72. The molecule has 2 atom stereocenters. The number of thiazole rings is 1. The Morgan fingerprint density at radius 1 is 1.69 bits per heavy atom. The number of hydrogen-bond donors (Lipinski definition) is 1. The second kappa shape index (κ2) is 6.30. The molecule has 1 aromatic rings. The zero-order valence-electron chi connectivity index (χ0n) is 9.52. The first-order chi connectivity index (χ1) is 7.92. The van der Waals surface area contributed by atoms with E-state index in [1.807, 2.05) is 11.7 Å². The van der Waals surface area contributed by atoms with Crippen molar-refractivity contribution in [3.63, 3.8) is 0 Å². The highest BCUT2D eigenvalue weighted by Gasteiger charge is 2.30. The van der Waals surface area contributed by atoms with Crippen molar-refractivity contribution in [2.75, 3.05) is 33.4 Å². The van der Waals surface area contributed by atoms with Crippen LogP contribution in [0.3, 0.4) is 0 Å². The molecule has 2 rings (SSSR count). The Balaban J connectivity index is 1.80. The van der Waals surface area contributed by atoms with E-state index in [4.69, 9.17) is 9.47 Å². The van der Waals surface area contributed by atoms with Gasteiger partial charge in [0.2, 0.25) is 0 Å². The number of rotatable bonds is 6. The molecule has 1 aliphatic heterocycles. The number of nitrogens with zero attached hydrogens (tertiary/aromatic N) is 1.